The summed E-state index contributed by atoms with van der Waals surface area (Å²) in [5.41, 5.74) is 11.1. The van der Waals surface area contributed by atoms with Crippen LogP contribution < -0.4 is 20.9 Å². The summed E-state index contributed by atoms with van der Waals surface area (Å²) in [6.07, 6.45) is -8.59. The van der Waals surface area contributed by atoms with Crippen molar-refractivity contribution in [3.63, 3.8) is 0 Å². The van der Waals surface area contributed by atoms with Crippen LogP contribution in [0.5, 0.6) is 0 Å². The van der Waals surface area contributed by atoms with Crippen LogP contribution in [0.15, 0.2) is 37.2 Å². The van der Waals surface area contributed by atoms with E-state index < -0.39 is 91.7 Å². The molecule has 0 spiro atoms. The van der Waals surface area contributed by atoms with Crippen molar-refractivity contribution < 1.29 is 102 Å². The number of aliphatic hydroxyl groups excluding tert-OH is 3. The van der Waals surface area contributed by atoms with Crippen molar-refractivity contribution in [2.45, 2.75) is 49.1 Å². The first-order valence-corrected chi connectivity index (χ1v) is 17.8. The summed E-state index contributed by atoms with van der Waals surface area (Å²) < 4.78 is 67.9. The molecule has 1 amide bonds. The molecule has 2 unspecified atom stereocenters. The Balaban J connectivity index is 0.00000541. The molecule has 16 N–H and O–H groups in total. The fourth-order valence-electron chi connectivity index (χ4n) is 4.82. The number of phosphoric ester groups is 3. The maximum Gasteiger partial charge on any atom is 0.478 e. The zero-order chi connectivity index (χ0) is 35.2. The van der Waals surface area contributed by atoms with Gasteiger partial charge in [-0.25, -0.2) is 28.4 Å². The number of anilines is 1. The van der Waals surface area contributed by atoms with E-state index >= 15 is 0 Å². The Labute approximate surface area is 341 Å². The van der Waals surface area contributed by atoms with Gasteiger partial charge < -0.3 is 76.8 Å². The normalized spacial score (nSPS) is 27.5. The number of nitrogens with two attached hydrogens (primary N) is 2. The van der Waals surface area contributed by atoms with Gasteiger partial charge in [0.1, 0.15) is 47.9 Å². The summed E-state index contributed by atoms with van der Waals surface area (Å²) in [4.78, 5) is 64.4. The molecule has 0 aromatic carbocycles. The molecule has 3 aromatic heterocycles. The average molecular weight is 843 g/mol. The van der Waals surface area contributed by atoms with Gasteiger partial charge in [-0.1, -0.05) is 0 Å². The molecule has 2 fully saturated rings. The van der Waals surface area contributed by atoms with Crippen LogP contribution >= 0.6 is 23.5 Å². The molecule has 3 aromatic rings. The summed E-state index contributed by atoms with van der Waals surface area (Å²) in [6, 6.07) is 2.78. The third-order valence-electron chi connectivity index (χ3n) is 6.97. The summed E-state index contributed by atoms with van der Waals surface area (Å²) in [6.45, 7) is -2.12. The quantitative estimate of drug-likeness (QED) is 0.0450. The van der Waals surface area contributed by atoms with Gasteiger partial charge >= 0.3 is 15.6 Å². The molecule has 290 valence electrons. The van der Waals surface area contributed by atoms with E-state index in [2.05, 4.69) is 32.8 Å². The van der Waals surface area contributed by atoms with Crippen LogP contribution in [0, 0.1) is 0 Å². The second-order valence-corrected chi connectivity index (χ2v) is 14.4. The molecule has 0 aliphatic carbocycles. The number of nitrogen functional groups attached to an aromatic ring is 1. The van der Waals surface area contributed by atoms with E-state index in [9.17, 15) is 53.4 Å². The molecular weight excluding hydrogens is 809 g/mol. The molecule has 0 saturated carbocycles. The maximum atomic E-state index is 12.5. The van der Waals surface area contributed by atoms with Crippen LogP contribution in [0.4, 0.5) is 5.82 Å². The van der Waals surface area contributed by atoms with Gasteiger partial charge in [0.15, 0.2) is 36.2 Å². The number of carbonyl (C=O) groups excluding carboxylic acids is 1. The smallest absolute Gasteiger partial charge is 0.478 e. The number of amides is 1. The van der Waals surface area contributed by atoms with Crippen LogP contribution in [0.3, 0.4) is 0 Å². The van der Waals surface area contributed by atoms with Gasteiger partial charge in [-0.15, -0.1) is 0 Å². The number of hydrogen-bond donors (Lipinski definition) is 8. The zero-order valence-electron chi connectivity index (χ0n) is 27.4. The van der Waals surface area contributed by atoms with E-state index in [1.54, 1.807) is 0 Å². The number of hydrogen-bond acceptors (Lipinski definition) is 18. The second-order valence-electron chi connectivity index (χ2n) is 10.2. The molecular formula is C21H34N7Na2O20P3. The number of ether oxygens (including phenoxy) is 2. The Kier molecular flexibility index (Phi) is 20.1. The second kappa shape index (κ2) is 20.4. The number of primary amides is 1. The van der Waals surface area contributed by atoms with Crippen molar-refractivity contribution in [3.05, 3.63) is 42.7 Å². The number of fused-ring (bicyclic) bond motifs is 1. The van der Waals surface area contributed by atoms with Crippen molar-refractivity contribution in [1.29, 1.82) is 0 Å². The Bertz CT molecular complexity index is 1830. The summed E-state index contributed by atoms with van der Waals surface area (Å²) in [7, 11) is -16.6. The van der Waals surface area contributed by atoms with Crippen molar-refractivity contribution in [2.75, 3.05) is 18.9 Å². The number of phosphoric acid groups is 3. The Morgan fingerprint density at radius 1 is 0.962 bits per heavy atom. The number of imidazole rings is 1. The van der Waals surface area contributed by atoms with E-state index in [1.165, 1.54) is 29.1 Å². The van der Waals surface area contributed by atoms with Gasteiger partial charge in [-0.2, -0.15) is 4.57 Å². The van der Waals surface area contributed by atoms with E-state index in [1.807, 2.05) is 0 Å². The minimum atomic E-state index is -5.77. The first kappa shape index (κ1) is 52.0. The molecule has 10 atom stereocenters. The Morgan fingerprint density at radius 3 is 2.21 bits per heavy atom. The van der Waals surface area contributed by atoms with Gasteiger partial charge in [-0.3, -0.25) is 23.0 Å². The third kappa shape index (κ3) is 12.5. The minimum Gasteiger partial charge on any atom is -0.756 e. The molecule has 27 nitrogen and oxygen atoms in total. The zero-order valence-corrected chi connectivity index (χ0v) is 34.1. The predicted molar refractivity (Wildman–Crippen MR) is 170 cm³/mol. The summed E-state index contributed by atoms with van der Waals surface area (Å²) in [5.74, 6) is -0.862. The topological polar surface area (TPSA) is 462 Å². The Morgan fingerprint density at radius 2 is 1.58 bits per heavy atom. The average Bonchev–Trinajstić information content (AvgIpc) is 3.64. The van der Waals surface area contributed by atoms with Crippen LogP contribution in [0.1, 0.15) is 22.8 Å². The first-order valence-electron chi connectivity index (χ1n) is 13.3. The van der Waals surface area contributed by atoms with E-state index in [4.69, 9.17) is 20.9 Å². The van der Waals surface area contributed by atoms with Crippen LogP contribution in [-0.4, -0.2) is 181 Å². The van der Waals surface area contributed by atoms with Crippen LogP contribution in [0.25, 0.3) is 11.2 Å². The standard InChI is InChI=1S/C21H28N7O17P3.2Na.3H2O/c22-17-12-19(25-7-24-17)28(8-26-12)21-16(44-46(33,34)35)14(30)11(43-21)6-41-48(38,39)45-47(36,37)40-5-10-13(29)15(31)20(42-10)27-3-1-2-9(4-27)18(23)32;;;;;/h1-4,7-8,10-11,13-16,20-21,29-31H,5-6H2,(H7-,22,23,24,25,32,33,34,35,36,37,38,39);;;3*1H2/t10-,11-,13-,14-,15-,16-,20-,21-;;;;;/m1...../s1. The molecule has 2 radical (unpaired) electrons. The van der Waals surface area contributed by atoms with Gasteiger partial charge in [0.2, 0.25) is 0 Å². The molecule has 2 aliphatic heterocycles. The molecule has 2 saturated heterocycles. The van der Waals surface area contributed by atoms with Crippen molar-refractivity contribution >= 4 is 105 Å². The van der Waals surface area contributed by atoms with Crippen LogP contribution in [-0.2, 0) is 41.1 Å². The number of pyridine rings is 1. The van der Waals surface area contributed by atoms with Crippen molar-refractivity contribution in [3.8, 4) is 0 Å². The Hall–Kier alpha value is -0.980. The third-order valence-corrected chi connectivity index (χ3v) is 10.1. The number of aromatic nitrogens is 5. The minimum absolute atomic E-state index is 0. The van der Waals surface area contributed by atoms with E-state index in [-0.39, 0.29) is 98.1 Å². The first-order chi connectivity index (χ1) is 22.4. The number of carbonyl (C=O) groups is 1. The fraction of sp³-hybridized carbons (Fsp3) is 0.476. The van der Waals surface area contributed by atoms with Gasteiger partial charge in [-0.05, 0) is 6.07 Å². The largest absolute Gasteiger partial charge is 0.756 e. The van der Waals surface area contributed by atoms with Gasteiger partial charge in [0, 0.05) is 65.2 Å². The molecule has 53 heavy (non-hydrogen) atoms. The summed E-state index contributed by atoms with van der Waals surface area (Å²) >= 11 is 0. The van der Waals surface area contributed by atoms with Gasteiger partial charge in [0.05, 0.1) is 19.5 Å². The SMILES string of the molecule is NC(=O)c1ccc[n+]([C@@H]2O[C@H](COP(=O)(O)OP(=O)([O-])OC[C@H]3O[C@@H](n4cnc5c(N)ncnc54)[C@H](OP(=O)(O)O)[C@@H]3O)[C@@H](O)[C@H]2O)c1.O.O.O.[Na].[Na]. The molecule has 2 aliphatic rings. The maximum absolute atomic E-state index is 12.5. The number of aliphatic hydroxyl groups is 3. The van der Waals surface area contributed by atoms with Crippen LogP contribution in [0.2, 0.25) is 0 Å². The monoisotopic (exact) mass is 843 g/mol. The molecule has 0 bridgehead atoms. The molecule has 32 heteroatoms. The predicted octanol–water partition coefficient (Wildman–Crippen LogP) is -6.77. The van der Waals surface area contributed by atoms with E-state index in [0.717, 1.165) is 17.2 Å². The van der Waals surface area contributed by atoms with Crippen molar-refractivity contribution in [2.24, 2.45) is 5.73 Å². The number of nitrogens with zero attached hydrogens (tertiary/aromatic N) is 5. The van der Waals surface area contributed by atoms with Gasteiger partial charge in [0.25, 0.3) is 20.0 Å². The number of rotatable bonds is 13. The fourth-order valence-corrected chi connectivity index (χ4v) is 7.42. The van der Waals surface area contributed by atoms with E-state index in [0.29, 0.717) is 0 Å². The molecule has 5 rings (SSSR count). The molecule has 5 heterocycles. The summed E-state index contributed by atoms with van der Waals surface area (Å²) in [5, 5.41) is 31.5. The van der Waals surface area contributed by atoms with Crippen molar-refractivity contribution in [1.82, 2.24) is 19.5 Å².